The van der Waals surface area contributed by atoms with E-state index in [1.165, 1.54) is 0 Å². The van der Waals surface area contributed by atoms with E-state index in [-0.39, 0.29) is 11.5 Å². The number of thiazole rings is 1. The number of carbonyl (C=O) groups excluding carboxylic acids is 1. The molecule has 0 bridgehead atoms. The molecule has 4 rings (SSSR count). The molecule has 8 heteroatoms. The van der Waals surface area contributed by atoms with Gasteiger partial charge in [0.2, 0.25) is 11.9 Å². The van der Waals surface area contributed by atoms with Crippen molar-refractivity contribution in [2.75, 3.05) is 31.1 Å². The van der Waals surface area contributed by atoms with Gasteiger partial charge in [0, 0.05) is 30.9 Å². The first-order chi connectivity index (χ1) is 12.6. The van der Waals surface area contributed by atoms with Crippen LogP contribution in [0.15, 0.2) is 23.8 Å². The number of aryl methyl sites for hydroxylation is 1. The predicted molar refractivity (Wildman–Crippen MR) is 99.0 cm³/mol. The molecule has 2 saturated heterocycles. The van der Waals surface area contributed by atoms with Crippen molar-refractivity contribution in [1.82, 2.24) is 19.9 Å². The molecule has 0 aromatic carbocycles. The van der Waals surface area contributed by atoms with Crippen LogP contribution in [0.3, 0.4) is 0 Å². The van der Waals surface area contributed by atoms with Crippen molar-refractivity contribution in [1.29, 1.82) is 0 Å². The van der Waals surface area contributed by atoms with E-state index in [4.69, 9.17) is 4.74 Å². The molecule has 2 aromatic heterocycles. The number of aromatic nitrogens is 3. The molecule has 1 spiro atoms. The van der Waals surface area contributed by atoms with Crippen LogP contribution in [-0.2, 0) is 16.1 Å². The minimum Gasteiger partial charge on any atom is -0.372 e. The molecule has 2 fully saturated rings. The van der Waals surface area contributed by atoms with Crippen LogP contribution in [0.25, 0.3) is 0 Å². The van der Waals surface area contributed by atoms with E-state index in [1.807, 2.05) is 23.3 Å². The fourth-order valence-corrected chi connectivity index (χ4v) is 4.29. The van der Waals surface area contributed by atoms with Gasteiger partial charge in [-0.25, -0.2) is 15.0 Å². The van der Waals surface area contributed by atoms with Gasteiger partial charge in [0.05, 0.1) is 42.4 Å². The van der Waals surface area contributed by atoms with Crippen molar-refractivity contribution < 1.29 is 9.53 Å². The Morgan fingerprint density at radius 2 is 2.04 bits per heavy atom. The number of anilines is 1. The first kappa shape index (κ1) is 17.4. The second-order valence-corrected chi connectivity index (χ2v) is 7.99. The largest absolute Gasteiger partial charge is 0.372 e. The summed E-state index contributed by atoms with van der Waals surface area (Å²) in [5.74, 6) is 0.920. The van der Waals surface area contributed by atoms with Crippen molar-refractivity contribution in [3.63, 3.8) is 0 Å². The van der Waals surface area contributed by atoms with Crippen LogP contribution in [0, 0.1) is 6.92 Å². The van der Waals surface area contributed by atoms with Gasteiger partial charge in [0.15, 0.2) is 0 Å². The van der Waals surface area contributed by atoms with Gasteiger partial charge in [-0.2, -0.15) is 0 Å². The lowest BCUT2D eigenvalue weighted by Gasteiger charge is -2.42. The molecular formula is C18H23N5O2S. The highest BCUT2D eigenvalue weighted by molar-refractivity contribution is 7.09. The van der Waals surface area contributed by atoms with Crippen molar-refractivity contribution in [3.05, 3.63) is 34.5 Å². The molecule has 2 aromatic rings. The van der Waals surface area contributed by atoms with E-state index < -0.39 is 0 Å². The van der Waals surface area contributed by atoms with Gasteiger partial charge < -0.3 is 14.5 Å². The lowest BCUT2D eigenvalue weighted by atomic mass is 9.90. The lowest BCUT2D eigenvalue weighted by Crippen LogP contribution is -2.52. The molecule has 26 heavy (non-hydrogen) atoms. The minimum atomic E-state index is -0.275. The van der Waals surface area contributed by atoms with Gasteiger partial charge in [0.25, 0.3) is 0 Å². The maximum atomic E-state index is 12.5. The Morgan fingerprint density at radius 3 is 2.73 bits per heavy atom. The molecule has 0 unspecified atom stereocenters. The number of piperidine rings is 1. The maximum absolute atomic E-state index is 12.5. The number of carbonyl (C=O) groups is 1. The van der Waals surface area contributed by atoms with E-state index in [2.05, 4.69) is 19.9 Å². The van der Waals surface area contributed by atoms with E-state index in [9.17, 15) is 4.79 Å². The molecule has 2 aliphatic rings. The van der Waals surface area contributed by atoms with Crippen LogP contribution in [0.4, 0.5) is 5.95 Å². The number of nitrogens with zero attached hydrogens (tertiary/aromatic N) is 5. The molecular weight excluding hydrogens is 350 g/mol. The predicted octanol–water partition coefficient (Wildman–Crippen LogP) is 2.03. The zero-order chi connectivity index (χ0) is 18.0. The Kier molecular flexibility index (Phi) is 4.86. The molecule has 0 atom stereocenters. The van der Waals surface area contributed by atoms with Crippen LogP contribution in [0.5, 0.6) is 0 Å². The molecule has 0 aliphatic carbocycles. The highest BCUT2D eigenvalue weighted by Crippen LogP contribution is 2.31. The Balaban J connectivity index is 1.45. The summed E-state index contributed by atoms with van der Waals surface area (Å²) in [5, 5.41) is 3.07. The van der Waals surface area contributed by atoms with E-state index in [0.717, 1.165) is 42.6 Å². The maximum Gasteiger partial charge on any atom is 0.225 e. The third-order valence-corrected chi connectivity index (χ3v) is 5.91. The molecule has 138 valence electrons. The van der Waals surface area contributed by atoms with Gasteiger partial charge in [-0.05, 0) is 25.8 Å². The van der Waals surface area contributed by atoms with Crippen molar-refractivity contribution in [3.8, 4) is 0 Å². The summed E-state index contributed by atoms with van der Waals surface area (Å²) in [6.07, 6.45) is 5.71. The number of ether oxygens (including phenoxy) is 1. The summed E-state index contributed by atoms with van der Waals surface area (Å²) in [6, 6.07) is 1.83. The Labute approximate surface area is 157 Å². The fourth-order valence-electron chi connectivity index (χ4n) is 3.69. The third-order valence-electron chi connectivity index (χ3n) is 5.08. The minimum absolute atomic E-state index is 0.154. The molecule has 0 radical (unpaired) electrons. The molecule has 0 N–H and O–H groups in total. The highest BCUT2D eigenvalue weighted by atomic mass is 32.1. The van der Waals surface area contributed by atoms with Crippen LogP contribution in [-0.4, -0.2) is 57.6 Å². The Hall–Kier alpha value is -2.06. The summed E-state index contributed by atoms with van der Waals surface area (Å²) in [4.78, 5) is 29.8. The van der Waals surface area contributed by atoms with Gasteiger partial charge in [-0.3, -0.25) is 4.79 Å². The van der Waals surface area contributed by atoms with E-state index in [0.29, 0.717) is 26.1 Å². The summed E-state index contributed by atoms with van der Waals surface area (Å²) < 4.78 is 6.21. The van der Waals surface area contributed by atoms with E-state index >= 15 is 0 Å². The summed E-state index contributed by atoms with van der Waals surface area (Å²) in [5.41, 5.74) is 0.690. The smallest absolute Gasteiger partial charge is 0.225 e. The van der Waals surface area contributed by atoms with Crippen LogP contribution in [0.1, 0.15) is 30.0 Å². The van der Waals surface area contributed by atoms with Crippen LogP contribution in [0.2, 0.25) is 0 Å². The first-order valence-electron chi connectivity index (χ1n) is 8.98. The SMILES string of the molecule is Cc1nc(CN2CC3(CCN(c4ncccn4)CC3)OCCC2=O)cs1. The zero-order valence-corrected chi connectivity index (χ0v) is 15.7. The van der Waals surface area contributed by atoms with E-state index in [1.54, 1.807) is 23.7 Å². The van der Waals surface area contributed by atoms with Crippen LogP contribution >= 0.6 is 11.3 Å². The van der Waals surface area contributed by atoms with Crippen LogP contribution < -0.4 is 4.90 Å². The molecule has 2 aliphatic heterocycles. The monoisotopic (exact) mass is 373 g/mol. The molecule has 0 saturated carbocycles. The topological polar surface area (TPSA) is 71.5 Å². The van der Waals surface area contributed by atoms with Gasteiger partial charge >= 0.3 is 0 Å². The number of hydrogen-bond donors (Lipinski definition) is 0. The first-order valence-corrected chi connectivity index (χ1v) is 9.86. The molecule has 1 amide bonds. The normalized spacial score (nSPS) is 20.4. The summed E-state index contributed by atoms with van der Waals surface area (Å²) in [7, 11) is 0. The van der Waals surface area contributed by atoms with Crippen molar-refractivity contribution in [2.45, 2.75) is 38.3 Å². The van der Waals surface area contributed by atoms with Crippen molar-refractivity contribution >= 4 is 23.2 Å². The second kappa shape index (κ2) is 7.28. The number of rotatable bonds is 3. The summed E-state index contributed by atoms with van der Waals surface area (Å²) in [6.45, 7) is 5.35. The number of hydrogen-bond acceptors (Lipinski definition) is 7. The lowest BCUT2D eigenvalue weighted by molar-refractivity contribution is -0.132. The average Bonchev–Trinajstić information content (AvgIpc) is 3.00. The summed E-state index contributed by atoms with van der Waals surface area (Å²) >= 11 is 1.62. The second-order valence-electron chi connectivity index (χ2n) is 6.92. The third kappa shape index (κ3) is 3.71. The Morgan fingerprint density at radius 1 is 1.27 bits per heavy atom. The Bertz CT molecular complexity index is 758. The number of amides is 1. The molecule has 4 heterocycles. The molecule has 7 nitrogen and oxygen atoms in total. The van der Waals surface area contributed by atoms with Gasteiger partial charge in [-0.15, -0.1) is 11.3 Å². The average molecular weight is 373 g/mol. The fraction of sp³-hybridized carbons (Fsp3) is 0.556. The highest BCUT2D eigenvalue weighted by Gasteiger charge is 2.40. The standard InChI is InChI=1S/C18H23N5O2S/c1-14-21-15(12-26-14)11-23-13-18(25-10-3-16(23)24)4-8-22(9-5-18)17-19-6-2-7-20-17/h2,6-7,12H,3-5,8-11,13H2,1H3. The zero-order valence-electron chi connectivity index (χ0n) is 14.9. The van der Waals surface area contributed by atoms with Crippen molar-refractivity contribution in [2.24, 2.45) is 0 Å². The van der Waals surface area contributed by atoms with Gasteiger partial charge in [0.1, 0.15) is 0 Å². The quantitative estimate of drug-likeness (QED) is 0.820. The van der Waals surface area contributed by atoms with Gasteiger partial charge in [-0.1, -0.05) is 0 Å².